The maximum absolute atomic E-state index is 12.4. The van der Waals surface area contributed by atoms with Crippen molar-refractivity contribution in [1.82, 2.24) is 10.6 Å². The zero-order valence-corrected chi connectivity index (χ0v) is 21.1. The van der Waals surface area contributed by atoms with Crippen LogP contribution < -0.4 is 21.3 Å². The summed E-state index contributed by atoms with van der Waals surface area (Å²) in [5.41, 5.74) is 6.92. The van der Waals surface area contributed by atoms with Gasteiger partial charge in [-0.3, -0.25) is 24.0 Å². The highest BCUT2D eigenvalue weighted by Gasteiger charge is 2.22. The average molecular weight is 547 g/mol. The Hall–Kier alpha value is -3.03. The van der Waals surface area contributed by atoms with E-state index in [1.807, 2.05) is 4.90 Å². The van der Waals surface area contributed by atoms with Crippen molar-refractivity contribution in [2.45, 2.75) is 31.3 Å². The Bertz CT molecular complexity index is 903. The van der Waals surface area contributed by atoms with Gasteiger partial charge in [0.2, 0.25) is 11.8 Å². The lowest BCUT2D eigenvalue weighted by Gasteiger charge is -2.24. The Balaban J connectivity index is 2.69. The lowest BCUT2D eigenvalue weighted by atomic mass is 10.1. The van der Waals surface area contributed by atoms with Gasteiger partial charge in [-0.25, -0.2) is 0 Å². The molecule has 0 heterocycles. The summed E-state index contributed by atoms with van der Waals surface area (Å²) in [6, 6.07) is 4.83. The van der Waals surface area contributed by atoms with Crippen LogP contribution in [0.2, 0.25) is 0 Å². The monoisotopic (exact) mass is 546 g/mol. The van der Waals surface area contributed by atoms with Crippen LogP contribution in [-0.4, -0.2) is 94.1 Å². The normalized spacial score (nSPS) is 12.3. The molecular weight excluding hydrogens is 516 g/mol. The van der Waals surface area contributed by atoms with Crippen molar-refractivity contribution in [1.29, 1.82) is 0 Å². The number of carbonyl (C=O) groups excluding carboxylic acids is 2. The number of nitrogens with zero attached hydrogens (tertiary/aromatic N) is 1. The molecule has 0 aliphatic carbocycles. The number of amides is 2. The first kappa shape index (κ1) is 31.0. The number of carbonyl (C=O) groups is 5. The van der Waals surface area contributed by atoms with E-state index in [1.165, 1.54) is 11.8 Å². The number of nitrogens with one attached hydrogen (secondary N) is 2. The van der Waals surface area contributed by atoms with Crippen molar-refractivity contribution in [3.05, 3.63) is 29.8 Å². The number of halogens is 1. The number of aliphatic carboxylic acids is 3. The Morgan fingerprint density at radius 2 is 1.69 bits per heavy atom. The second kappa shape index (κ2) is 16.6. The quantitative estimate of drug-likeness (QED) is 0.107. The minimum Gasteiger partial charge on any atom is -0.481 e. The molecule has 12 nitrogen and oxygen atoms in total. The van der Waals surface area contributed by atoms with Crippen LogP contribution in [-0.2, 0) is 30.4 Å². The summed E-state index contributed by atoms with van der Waals surface area (Å²) < 4.78 is 0. The smallest absolute Gasteiger partial charge is 0.322 e. The SMILES string of the molecule is NC(CCC(=O)NC(CSCCN(CCCl)c1ccc(CC(=O)O)cc1)C(=O)NCC(=O)O)C(=O)O. The highest BCUT2D eigenvalue weighted by molar-refractivity contribution is 7.99. The molecule has 2 amide bonds. The van der Waals surface area contributed by atoms with Crippen LogP contribution in [0.5, 0.6) is 0 Å². The molecule has 0 aromatic heterocycles. The molecule has 0 saturated heterocycles. The van der Waals surface area contributed by atoms with E-state index in [1.54, 1.807) is 24.3 Å². The first-order valence-electron chi connectivity index (χ1n) is 11.0. The molecule has 1 rings (SSSR count). The van der Waals surface area contributed by atoms with Crippen LogP contribution in [0.4, 0.5) is 5.69 Å². The maximum Gasteiger partial charge on any atom is 0.322 e. The molecule has 0 spiro atoms. The molecule has 14 heteroatoms. The molecular formula is C22H31ClN4O8S. The van der Waals surface area contributed by atoms with Gasteiger partial charge in [0.1, 0.15) is 18.6 Å². The van der Waals surface area contributed by atoms with Crippen LogP contribution in [0.1, 0.15) is 18.4 Å². The zero-order chi connectivity index (χ0) is 27.1. The van der Waals surface area contributed by atoms with Crippen molar-refractivity contribution >= 4 is 58.8 Å². The van der Waals surface area contributed by atoms with Crippen LogP contribution in [0.3, 0.4) is 0 Å². The van der Waals surface area contributed by atoms with Gasteiger partial charge in [0, 0.05) is 42.6 Å². The van der Waals surface area contributed by atoms with E-state index < -0.39 is 48.4 Å². The fraction of sp³-hybridized carbons (Fsp3) is 0.500. The highest BCUT2D eigenvalue weighted by Crippen LogP contribution is 2.17. The van der Waals surface area contributed by atoms with Gasteiger partial charge in [-0.1, -0.05) is 12.1 Å². The average Bonchev–Trinajstić information content (AvgIpc) is 2.82. The summed E-state index contributed by atoms with van der Waals surface area (Å²) in [4.78, 5) is 59.0. The predicted molar refractivity (Wildman–Crippen MR) is 135 cm³/mol. The number of hydrogen-bond acceptors (Lipinski definition) is 8. The third-order valence-corrected chi connectivity index (χ3v) is 6.08. The van der Waals surface area contributed by atoms with Gasteiger partial charge < -0.3 is 36.6 Å². The van der Waals surface area contributed by atoms with E-state index in [0.29, 0.717) is 30.3 Å². The first-order valence-corrected chi connectivity index (χ1v) is 12.7. The number of anilines is 1. The van der Waals surface area contributed by atoms with Gasteiger partial charge in [-0.05, 0) is 24.1 Å². The molecule has 0 fully saturated rings. The van der Waals surface area contributed by atoms with Crippen molar-refractivity contribution in [3.63, 3.8) is 0 Å². The van der Waals surface area contributed by atoms with E-state index in [2.05, 4.69) is 10.6 Å². The summed E-state index contributed by atoms with van der Waals surface area (Å²) in [5.74, 6) is -3.61. The molecule has 200 valence electrons. The lowest BCUT2D eigenvalue weighted by molar-refractivity contribution is -0.139. The molecule has 0 aliphatic heterocycles. The molecule has 0 radical (unpaired) electrons. The van der Waals surface area contributed by atoms with Crippen molar-refractivity contribution in [2.75, 3.05) is 41.9 Å². The number of nitrogens with two attached hydrogens (primary N) is 1. The zero-order valence-electron chi connectivity index (χ0n) is 19.5. The Labute approximate surface area is 217 Å². The standard InChI is InChI=1S/C22H31ClN4O8S/c23-7-8-27(15-3-1-14(2-4-15)11-19(29)30)9-10-36-13-17(21(33)25-12-20(31)32)26-18(28)6-5-16(24)22(34)35/h1-4,16-17H,5-13,24H2,(H,25,33)(H,26,28)(H,29,30)(H,31,32)(H,34,35). The van der Waals surface area contributed by atoms with Crippen LogP contribution in [0.25, 0.3) is 0 Å². The summed E-state index contributed by atoms with van der Waals surface area (Å²) in [6.07, 6.45) is -0.399. The number of alkyl halides is 1. The Morgan fingerprint density at radius 3 is 2.25 bits per heavy atom. The minimum atomic E-state index is -1.24. The van der Waals surface area contributed by atoms with Crippen LogP contribution >= 0.6 is 23.4 Å². The summed E-state index contributed by atoms with van der Waals surface area (Å²) in [7, 11) is 0. The van der Waals surface area contributed by atoms with Crippen LogP contribution in [0.15, 0.2) is 24.3 Å². The second-order valence-electron chi connectivity index (χ2n) is 7.70. The molecule has 2 atom stereocenters. The number of carboxylic acid groups (broad SMARTS) is 3. The van der Waals surface area contributed by atoms with E-state index >= 15 is 0 Å². The number of rotatable bonds is 18. The third kappa shape index (κ3) is 12.6. The van der Waals surface area contributed by atoms with Gasteiger partial charge in [0.05, 0.1) is 6.42 Å². The predicted octanol–water partition coefficient (Wildman–Crippen LogP) is -0.0302. The number of thioether (sulfide) groups is 1. The van der Waals surface area contributed by atoms with Gasteiger partial charge in [0.15, 0.2) is 0 Å². The van der Waals surface area contributed by atoms with E-state index in [4.69, 9.17) is 32.7 Å². The Kier molecular flexibility index (Phi) is 14.3. The molecule has 0 aliphatic rings. The highest BCUT2D eigenvalue weighted by atomic mass is 35.5. The number of hydrogen-bond donors (Lipinski definition) is 6. The molecule has 2 unspecified atom stereocenters. The molecule has 7 N–H and O–H groups in total. The van der Waals surface area contributed by atoms with Gasteiger partial charge >= 0.3 is 17.9 Å². The summed E-state index contributed by atoms with van der Waals surface area (Å²) in [6.45, 7) is 0.463. The number of carboxylic acids is 3. The first-order chi connectivity index (χ1) is 17.0. The third-order valence-electron chi connectivity index (χ3n) is 4.87. The number of benzene rings is 1. The van der Waals surface area contributed by atoms with Gasteiger partial charge in [0.25, 0.3) is 0 Å². The Morgan fingerprint density at radius 1 is 1.03 bits per heavy atom. The molecule has 0 saturated carbocycles. The second-order valence-corrected chi connectivity index (χ2v) is 9.23. The minimum absolute atomic E-state index is 0.0784. The molecule has 0 bridgehead atoms. The molecule has 1 aromatic carbocycles. The topological polar surface area (TPSA) is 199 Å². The lowest BCUT2D eigenvalue weighted by Crippen LogP contribution is -2.49. The van der Waals surface area contributed by atoms with E-state index in [9.17, 15) is 24.0 Å². The molecule has 1 aromatic rings. The molecule has 36 heavy (non-hydrogen) atoms. The fourth-order valence-corrected chi connectivity index (χ4v) is 4.18. The van der Waals surface area contributed by atoms with Crippen molar-refractivity contribution in [2.24, 2.45) is 5.73 Å². The van der Waals surface area contributed by atoms with Gasteiger partial charge in [-0.2, -0.15) is 11.8 Å². The van der Waals surface area contributed by atoms with Crippen molar-refractivity contribution in [3.8, 4) is 0 Å². The van der Waals surface area contributed by atoms with Gasteiger partial charge in [-0.15, -0.1) is 11.6 Å². The summed E-state index contributed by atoms with van der Waals surface area (Å²) >= 11 is 7.27. The van der Waals surface area contributed by atoms with E-state index in [0.717, 1.165) is 5.69 Å². The largest absolute Gasteiger partial charge is 0.481 e. The maximum atomic E-state index is 12.4. The fourth-order valence-electron chi connectivity index (χ4n) is 2.99. The van der Waals surface area contributed by atoms with Crippen LogP contribution in [0, 0.1) is 0 Å². The summed E-state index contributed by atoms with van der Waals surface area (Å²) in [5, 5.41) is 31.3. The van der Waals surface area contributed by atoms with Crippen molar-refractivity contribution < 1.29 is 39.3 Å². The van der Waals surface area contributed by atoms with E-state index in [-0.39, 0.29) is 25.0 Å².